The number of rotatable bonds is 6. The molecular formula is C11H16N4O2S. The van der Waals surface area contributed by atoms with Crippen LogP contribution in [0.3, 0.4) is 0 Å². The summed E-state index contributed by atoms with van der Waals surface area (Å²) in [6.07, 6.45) is 3.23. The molecule has 98 valence electrons. The molecule has 0 saturated heterocycles. The molecule has 1 heterocycles. The molecule has 2 amide bonds. The third-order valence-electron chi connectivity index (χ3n) is 2.00. The summed E-state index contributed by atoms with van der Waals surface area (Å²) < 4.78 is 0. The van der Waals surface area contributed by atoms with E-state index in [2.05, 4.69) is 20.6 Å². The minimum Gasteiger partial charge on any atom is -0.355 e. The van der Waals surface area contributed by atoms with Crippen LogP contribution in [-0.2, 0) is 9.59 Å². The van der Waals surface area contributed by atoms with Gasteiger partial charge in [-0.25, -0.2) is 9.97 Å². The lowest BCUT2D eigenvalue weighted by Crippen LogP contribution is -2.45. The van der Waals surface area contributed by atoms with Crippen molar-refractivity contribution >= 4 is 23.6 Å². The molecule has 0 spiro atoms. The number of likely N-dealkylation sites (N-methyl/N-ethyl adjacent to an activating group) is 1. The second-order valence-corrected chi connectivity index (χ2v) is 4.45. The highest BCUT2D eigenvalue weighted by Gasteiger charge is 2.14. The zero-order chi connectivity index (χ0) is 13.4. The highest BCUT2D eigenvalue weighted by atomic mass is 32.2. The molecule has 1 aromatic heterocycles. The second kappa shape index (κ2) is 7.65. The van der Waals surface area contributed by atoms with Crippen molar-refractivity contribution < 1.29 is 9.59 Å². The van der Waals surface area contributed by atoms with Crippen molar-refractivity contribution in [3.8, 4) is 0 Å². The van der Waals surface area contributed by atoms with Gasteiger partial charge in [0, 0.05) is 18.9 Å². The summed E-state index contributed by atoms with van der Waals surface area (Å²) in [5, 5.41) is 5.79. The Morgan fingerprint density at radius 3 is 2.67 bits per heavy atom. The number of thioether (sulfide) groups is 1. The van der Waals surface area contributed by atoms with Crippen LogP contribution in [-0.4, -0.2) is 40.1 Å². The smallest absolute Gasteiger partial charge is 0.242 e. The Balaban J connectivity index is 2.31. The molecule has 0 aromatic carbocycles. The summed E-state index contributed by atoms with van der Waals surface area (Å²) in [6, 6.07) is 1.18. The third-order valence-corrected chi connectivity index (χ3v) is 2.87. The Morgan fingerprint density at radius 2 is 2.06 bits per heavy atom. The number of hydrogen-bond acceptors (Lipinski definition) is 5. The van der Waals surface area contributed by atoms with Crippen LogP contribution >= 0.6 is 11.8 Å². The van der Waals surface area contributed by atoms with Crippen molar-refractivity contribution in [3.05, 3.63) is 18.5 Å². The van der Waals surface area contributed by atoms with E-state index >= 15 is 0 Å². The molecule has 0 radical (unpaired) electrons. The standard InChI is InChI=1S/C11H16N4O2S/c1-3-12-10(17)8(2)15-9(16)7-18-11-13-5-4-6-14-11/h4-6,8H,3,7H2,1-2H3,(H,12,17)(H,15,16)/t8-/m1/s1. The molecule has 0 unspecified atom stereocenters. The fraction of sp³-hybridized carbons (Fsp3) is 0.455. The normalized spacial score (nSPS) is 11.7. The Bertz CT molecular complexity index is 399. The first-order chi connectivity index (χ1) is 8.63. The fourth-order valence-corrected chi connectivity index (χ4v) is 1.78. The molecule has 18 heavy (non-hydrogen) atoms. The number of hydrogen-bond donors (Lipinski definition) is 2. The largest absolute Gasteiger partial charge is 0.355 e. The van der Waals surface area contributed by atoms with Crippen molar-refractivity contribution in [2.45, 2.75) is 25.0 Å². The zero-order valence-corrected chi connectivity index (χ0v) is 11.2. The first-order valence-electron chi connectivity index (χ1n) is 5.60. The van der Waals surface area contributed by atoms with Crippen LogP contribution in [0.1, 0.15) is 13.8 Å². The Labute approximate surface area is 110 Å². The van der Waals surface area contributed by atoms with E-state index in [9.17, 15) is 9.59 Å². The molecule has 0 saturated carbocycles. The molecule has 0 aliphatic rings. The Hall–Kier alpha value is -1.63. The van der Waals surface area contributed by atoms with E-state index < -0.39 is 6.04 Å². The monoisotopic (exact) mass is 268 g/mol. The van der Waals surface area contributed by atoms with Gasteiger partial charge in [-0.3, -0.25) is 9.59 Å². The van der Waals surface area contributed by atoms with E-state index in [-0.39, 0.29) is 17.6 Å². The van der Waals surface area contributed by atoms with Crippen molar-refractivity contribution in [3.63, 3.8) is 0 Å². The van der Waals surface area contributed by atoms with Gasteiger partial charge in [0.15, 0.2) is 5.16 Å². The average molecular weight is 268 g/mol. The van der Waals surface area contributed by atoms with Crippen LogP contribution in [0.15, 0.2) is 23.6 Å². The van der Waals surface area contributed by atoms with Gasteiger partial charge in [0.05, 0.1) is 5.75 Å². The summed E-state index contributed by atoms with van der Waals surface area (Å²) in [5.74, 6) is -0.216. The van der Waals surface area contributed by atoms with Crippen LogP contribution in [0.5, 0.6) is 0 Å². The van der Waals surface area contributed by atoms with E-state index in [0.29, 0.717) is 11.7 Å². The van der Waals surface area contributed by atoms with Crippen molar-refractivity contribution in [1.82, 2.24) is 20.6 Å². The number of aromatic nitrogens is 2. The Kier molecular flexibility index (Phi) is 6.13. The van der Waals surface area contributed by atoms with Gasteiger partial charge in [0.25, 0.3) is 0 Å². The fourth-order valence-electron chi connectivity index (χ4n) is 1.17. The summed E-state index contributed by atoms with van der Waals surface area (Å²) in [5.41, 5.74) is 0. The summed E-state index contributed by atoms with van der Waals surface area (Å²) in [6.45, 7) is 4.02. The van der Waals surface area contributed by atoms with Crippen molar-refractivity contribution in [2.24, 2.45) is 0 Å². The average Bonchev–Trinajstić information content (AvgIpc) is 2.38. The molecule has 0 aliphatic carbocycles. The van der Waals surface area contributed by atoms with Gasteiger partial charge in [0.1, 0.15) is 6.04 Å². The van der Waals surface area contributed by atoms with Crippen LogP contribution < -0.4 is 10.6 Å². The van der Waals surface area contributed by atoms with Gasteiger partial charge in [0.2, 0.25) is 11.8 Å². The van der Waals surface area contributed by atoms with Gasteiger partial charge < -0.3 is 10.6 Å². The third kappa shape index (κ3) is 5.13. The van der Waals surface area contributed by atoms with E-state index in [1.165, 1.54) is 11.8 Å². The summed E-state index contributed by atoms with van der Waals surface area (Å²) in [7, 11) is 0. The van der Waals surface area contributed by atoms with Crippen LogP contribution in [0.4, 0.5) is 0 Å². The maximum atomic E-state index is 11.6. The van der Waals surface area contributed by atoms with Gasteiger partial charge in [-0.05, 0) is 19.9 Å². The van der Waals surface area contributed by atoms with E-state index in [0.717, 1.165) is 0 Å². The lowest BCUT2D eigenvalue weighted by Gasteiger charge is -2.12. The number of carbonyl (C=O) groups excluding carboxylic acids is 2. The van der Waals surface area contributed by atoms with Gasteiger partial charge >= 0.3 is 0 Å². The van der Waals surface area contributed by atoms with Crippen LogP contribution in [0.2, 0.25) is 0 Å². The van der Waals surface area contributed by atoms with Crippen molar-refractivity contribution in [2.75, 3.05) is 12.3 Å². The minimum atomic E-state index is -0.533. The molecule has 1 rings (SSSR count). The van der Waals surface area contributed by atoms with E-state index in [1.807, 2.05) is 6.92 Å². The zero-order valence-electron chi connectivity index (χ0n) is 10.3. The quantitative estimate of drug-likeness (QED) is 0.569. The first-order valence-corrected chi connectivity index (χ1v) is 6.59. The SMILES string of the molecule is CCNC(=O)[C@@H](C)NC(=O)CSc1ncccn1. The van der Waals surface area contributed by atoms with E-state index in [1.54, 1.807) is 25.4 Å². The molecule has 0 fully saturated rings. The molecule has 1 atom stereocenters. The van der Waals surface area contributed by atoms with Crippen LogP contribution in [0.25, 0.3) is 0 Å². The molecule has 0 aliphatic heterocycles. The number of amides is 2. The molecule has 2 N–H and O–H groups in total. The molecule has 7 heteroatoms. The van der Waals surface area contributed by atoms with E-state index in [4.69, 9.17) is 0 Å². The lowest BCUT2D eigenvalue weighted by atomic mass is 10.3. The predicted octanol–water partition coefficient (Wildman–Crippen LogP) is 0.209. The second-order valence-electron chi connectivity index (χ2n) is 3.50. The van der Waals surface area contributed by atoms with Gasteiger partial charge in [-0.15, -0.1) is 0 Å². The number of nitrogens with one attached hydrogen (secondary N) is 2. The molecular weight excluding hydrogens is 252 g/mol. The van der Waals surface area contributed by atoms with Gasteiger partial charge in [-0.2, -0.15) is 0 Å². The Morgan fingerprint density at radius 1 is 1.39 bits per heavy atom. The topological polar surface area (TPSA) is 84.0 Å². The lowest BCUT2D eigenvalue weighted by molar-refractivity contribution is -0.127. The number of nitrogens with zero attached hydrogens (tertiary/aromatic N) is 2. The summed E-state index contributed by atoms with van der Waals surface area (Å²) >= 11 is 1.23. The molecule has 1 aromatic rings. The maximum absolute atomic E-state index is 11.6. The first kappa shape index (κ1) is 14.4. The van der Waals surface area contributed by atoms with Crippen molar-refractivity contribution in [1.29, 1.82) is 0 Å². The minimum absolute atomic E-state index is 0.188. The van der Waals surface area contributed by atoms with Gasteiger partial charge in [-0.1, -0.05) is 11.8 Å². The highest BCUT2D eigenvalue weighted by Crippen LogP contribution is 2.09. The molecule has 0 bridgehead atoms. The van der Waals surface area contributed by atoms with Crippen LogP contribution in [0, 0.1) is 0 Å². The highest BCUT2D eigenvalue weighted by molar-refractivity contribution is 7.99. The maximum Gasteiger partial charge on any atom is 0.242 e. The number of carbonyl (C=O) groups is 2. The summed E-state index contributed by atoms with van der Waals surface area (Å²) in [4.78, 5) is 30.9. The predicted molar refractivity (Wildman–Crippen MR) is 69.0 cm³/mol. The molecule has 6 nitrogen and oxygen atoms in total.